The maximum absolute atomic E-state index is 3.86. The van der Waals surface area contributed by atoms with Crippen molar-refractivity contribution in [3.05, 3.63) is 0 Å². The van der Waals surface area contributed by atoms with Crippen LogP contribution in [0.5, 0.6) is 0 Å². The summed E-state index contributed by atoms with van der Waals surface area (Å²) in [5.41, 5.74) is 0. The van der Waals surface area contributed by atoms with E-state index in [-0.39, 0.29) is 0 Å². The Kier molecular flexibility index (Phi) is 5.15. The SMILES string of the molecule is CC1CCCC1CNC1CCCCCCC1. The molecule has 0 aliphatic heterocycles. The van der Waals surface area contributed by atoms with Crippen LogP contribution in [0.4, 0.5) is 0 Å². The topological polar surface area (TPSA) is 12.0 Å². The lowest BCUT2D eigenvalue weighted by Gasteiger charge is -2.24. The van der Waals surface area contributed by atoms with E-state index in [1.807, 2.05) is 0 Å². The monoisotopic (exact) mass is 223 g/mol. The molecule has 94 valence electrons. The van der Waals surface area contributed by atoms with Gasteiger partial charge < -0.3 is 5.32 Å². The molecule has 0 aromatic carbocycles. The van der Waals surface area contributed by atoms with Crippen molar-refractivity contribution >= 4 is 0 Å². The average molecular weight is 223 g/mol. The minimum absolute atomic E-state index is 0.841. The molecule has 1 heteroatoms. The van der Waals surface area contributed by atoms with Crippen molar-refractivity contribution < 1.29 is 0 Å². The van der Waals surface area contributed by atoms with Gasteiger partial charge in [-0.2, -0.15) is 0 Å². The third kappa shape index (κ3) is 3.76. The second-order valence-corrected chi connectivity index (χ2v) is 6.12. The highest BCUT2D eigenvalue weighted by Gasteiger charge is 2.23. The molecule has 0 bridgehead atoms. The van der Waals surface area contributed by atoms with Crippen LogP contribution in [0.1, 0.15) is 71.1 Å². The van der Waals surface area contributed by atoms with Crippen molar-refractivity contribution in [3.8, 4) is 0 Å². The van der Waals surface area contributed by atoms with Crippen LogP contribution in [0, 0.1) is 11.8 Å². The Labute approximate surface area is 101 Å². The van der Waals surface area contributed by atoms with Gasteiger partial charge in [0.1, 0.15) is 0 Å². The van der Waals surface area contributed by atoms with Crippen molar-refractivity contribution in [1.82, 2.24) is 5.32 Å². The van der Waals surface area contributed by atoms with E-state index >= 15 is 0 Å². The molecule has 16 heavy (non-hydrogen) atoms. The number of rotatable bonds is 3. The molecule has 0 spiro atoms. The summed E-state index contributed by atoms with van der Waals surface area (Å²) < 4.78 is 0. The molecule has 2 saturated carbocycles. The van der Waals surface area contributed by atoms with Gasteiger partial charge in [-0.15, -0.1) is 0 Å². The van der Waals surface area contributed by atoms with E-state index < -0.39 is 0 Å². The van der Waals surface area contributed by atoms with Gasteiger partial charge in [0, 0.05) is 6.04 Å². The fourth-order valence-corrected chi connectivity index (χ4v) is 3.50. The van der Waals surface area contributed by atoms with Crippen molar-refractivity contribution in [1.29, 1.82) is 0 Å². The largest absolute Gasteiger partial charge is 0.314 e. The number of hydrogen-bond donors (Lipinski definition) is 1. The Morgan fingerprint density at radius 1 is 0.812 bits per heavy atom. The average Bonchev–Trinajstić information content (AvgIpc) is 2.63. The summed E-state index contributed by atoms with van der Waals surface area (Å²) in [6, 6.07) is 0.841. The van der Waals surface area contributed by atoms with Gasteiger partial charge in [0.05, 0.1) is 0 Å². The molecule has 2 fully saturated rings. The Bertz CT molecular complexity index is 182. The third-order valence-corrected chi connectivity index (χ3v) is 4.81. The summed E-state index contributed by atoms with van der Waals surface area (Å²) >= 11 is 0. The van der Waals surface area contributed by atoms with Crippen LogP contribution >= 0.6 is 0 Å². The molecule has 2 aliphatic rings. The second-order valence-electron chi connectivity index (χ2n) is 6.12. The zero-order chi connectivity index (χ0) is 11.2. The number of hydrogen-bond acceptors (Lipinski definition) is 1. The highest BCUT2D eigenvalue weighted by atomic mass is 14.9. The normalized spacial score (nSPS) is 33.6. The van der Waals surface area contributed by atoms with Crippen LogP contribution in [-0.4, -0.2) is 12.6 Å². The zero-order valence-electron chi connectivity index (χ0n) is 11.0. The maximum Gasteiger partial charge on any atom is 0.00671 e. The molecule has 0 heterocycles. The van der Waals surface area contributed by atoms with Crippen LogP contribution in [0.15, 0.2) is 0 Å². The van der Waals surface area contributed by atoms with Gasteiger partial charge in [0.15, 0.2) is 0 Å². The van der Waals surface area contributed by atoms with E-state index in [9.17, 15) is 0 Å². The lowest BCUT2D eigenvalue weighted by molar-refractivity contribution is 0.331. The van der Waals surface area contributed by atoms with E-state index in [0.717, 1.165) is 17.9 Å². The van der Waals surface area contributed by atoms with Crippen LogP contribution in [0.2, 0.25) is 0 Å². The fraction of sp³-hybridized carbons (Fsp3) is 1.00. The molecular formula is C15H29N. The fourth-order valence-electron chi connectivity index (χ4n) is 3.50. The van der Waals surface area contributed by atoms with Crippen LogP contribution < -0.4 is 5.32 Å². The predicted octanol–water partition coefficient (Wildman–Crippen LogP) is 4.13. The van der Waals surface area contributed by atoms with Gasteiger partial charge in [0.25, 0.3) is 0 Å². The van der Waals surface area contributed by atoms with E-state index in [2.05, 4.69) is 12.2 Å². The summed E-state index contributed by atoms with van der Waals surface area (Å²) in [6.45, 7) is 3.74. The lowest BCUT2D eigenvalue weighted by atomic mass is 9.94. The van der Waals surface area contributed by atoms with Crippen LogP contribution in [0.25, 0.3) is 0 Å². The first-order valence-corrected chi connectivity index (χ1v) is 7.59. The Hall–Kier alpha value is -0.0400. The minimum Gasteiger partial charge on any atom is -0.314 e. The summed E-state index contributed by atoms with van der Waals surface area (Å²) in [5.74, 6) is 1.95. The molecular weight excluding hydrogens is 194 g/mol. The molecule has 0 aromatic heterocycles. The highest BCUT2D eigenvalue weighted by molar-refractivity contribution is 4.78. The van der Waals surface area contributed by atoms with Crippen molar-refractivity contribution in [2.45, 2.75) is 77.2 Å². The summed E-state index contributed by atoms with van der Waals surface area (Å²) in [6.07, 6.45) is 14.6. The van der Waals surface area contributed by atoms with Gasteiger partial charge in [-0.25, -0.2) is 0 Å². The van der Waals surface area contributed by atoms with Crippen molar-refractivity contribution in [3.63, 3.8) is 0 Å². The van der Waals surface area contributed by atoms with Crippen LogP contribution in [-0.2, 0) is 0 Å². The summed E-state index contributed by atoms with van der Waals surface area (Å²) in [7, 11) is 0. The van der Waals surface area contributed by atoms with Gasteiger partial charge in [0.2, 0.25) is 0 Å². The zero-order valence-corrected chi connectivity index (χ0v) is 11.0. The number of nitrogens with one attached hydrogen (secondary N) is 1. The van der Waals surface area contributed by atoms with Gasteiger partial charge in [-0.1, -0.05) is 51.9 Å². The molecule has 0 radical (unpaired) electrons. The first-order valence-electron chi connectivity index (χ1n) is 7.59. The Morgan fingerprint density at radius 3 is 2.12 bits per heavy atom. The first-order chi connectivity index (χ1) is 7.86. The molecule has 1 nitrogen and oxygen atoms in total. The molecule has 2 rings (SSSR count). The molecule has 0 amide bonds. The summed E-state index contributed by atoms with van der Waals surface area (Å²) in [5, 5.41) is 3.86. The van der Waals surface area contributed by atoms with E-state index in [1.54, 1.807) is 0 Å². The van der Waals surface area contributed by atoms with E-state index in [0.29, 0.717) is 0 Å². The van der Waals surface area contributed by atoms with Gasteiger partial charge in [-0.3, -0.25) is 0 Å². The Balaban J connectivity index is 1.67. The van der Waals surface area contributed by atoms with Gasteiger partial charge >= 0.3 is 0 Å². The van der Waals surface area contributed by atoms with Crippen molar-refractivity contribution in [2.24, 2.45) is 11.8 Å². The van der Waals surface area contributed by atoms with Gasteiger partial charge in [-0.05, 0) is 37.6 Å². The lowest BCUT2D eigenvalue weighted by Crippen LogP contribution is -2.34. The predicted molar refractivity (Wildman–Crippen MR) is 70.6 cm³/mol. The standard InChI is InChI=1S/C15H29N/c1-13-8-7-9-14(13)12-16-15-10-5-3-2-4-6-11-15/h13-16H,2-12H2,1H3. The molecule has 0 aromatic rings. The molecule has 2 atom stereocenters. The highest BCUT2D eigenvalue weighted by Crippen LogP contribution is 2.30. The second kappa shape index (κ2) is 6.64. The molecule has 1 N–H and O–H groups in total. The van der Waals surface area contributed by atoms with E-state index in [1.165, 1.54) is 70.8 Å². The third-order valence-electron chi connectivity index (χ3n) is 4.81. The molecule has 2 aliphatic carbocycles. The Morgan fingerprint density at radius 2 is 1.50 bits per heavy atom. The van der Waals surface area contributed by atoms with E-state index in [4.69, 9.17) is 0 Å². The quantitative estimate of drug-likeness (QED) is 0.758. The van der Waals surface area contributed by atoms with Crippen molar-refractivity contribution in [2.75, 3.05) is 6.54 Å². The summed E-state index contributed by atoms with van der Waals surface area (Å²) in [4.78, 5) is 0. The smallest absolute Gasteiger partial charge is 0.00671 e. The maximum atomic E-state index is 3.86. The first kappa shape index (κ1) is 12.4. The molecule has 2 unspecified atom stereocenters. The molecule has 0 saturated heterocycles. The minimum atomic E-state index is 0.841. The van der Waals surface area contributed by atoms with Crippen LogP contribution in [0.3, 0.4) is 0 Å².